The Kier molecular flexibility index (Phi) is 8.78. The molecule has 10 nitrogen and oxygen atoms in total. The first-order valence-corrected chi connectivity index (χ1v) is 14.4. The zero-order chi connectivity index (χ0) is 28.8. The largest absolute Gasteiger partial charge is 0.350 e. The summed E-state index contributed by atoms with van der Waals surface area (Å²) in [6.45, 7) is 6.70. The Hall–Kier alpha value is -4.05. The maximum Gasteiger partial charge on any atom is 0.243 e. The van der Waals surface area contributed by atoms with E-state index in [-0.39, 0.29) is 43.5 Å². The van der Waals surface area contributed by atoms with Gasteiger partial charge < -0.3 is 20.9 Å². The summed E-state index contributed by atoms with van der Waals surface area (Å²) in [5.41, 5.74) is 2.76. The van der Waals surface area contributed by atoms with E-state index in [1.807, 2.05) is 60.8 Å². The summed E-state index contributed by atoms with van der Waals surface area (Å²) >= 11 is 0. The van der Waals surface area contributed by atoms with Crippen molar-refractivity contribution < 1.29 is 14.4 Å². The monoisotopic (exact) mass is 557 g/mol. The Bertz CT molecular complexity index is 1360. The van der Waals surface area contributed by atoms with Gasteiger partial charge in [-0.15, -0.1) is 5.10 Å². The van der Waals surface area contributed by atoms with Crippen LogP contribution in [-0.2, 0) is 40.3 Å². The van der Waals surface area contributed by atoms with Gasteiger partial charge in [0.15, 0.2) is 0 Å². The number of nitrogens with zero attached hydrogens (tertiary/aromatic N) is 4. The number of hydrogen-bond donors (Lipinski definition) is 3. The lowest BCUT2D eigenvalue weighted by Gasteiger charge is -2.43. The number of aromatic nitrogens is 3. The van der Waals surface area contributed by atoms with Crippen LogP contribution < -0.4 is 16.0 Å². The first kappa shape index (κ1) is 28.5. The van der Waals surface area contributed by atoms with Crippen LogP contribution in [0.1, 0.15) is 55.5 Å². The highest BCUT2D eigenvalue weighted by molar-refractivity contribution is 5.89. The molecular weight excluding hydrogens is 518 g/mol. The summed E-state index contributed by atoms with van der Waals surface area (Å²) in [4.78, 5) is 42.6. The standard InChI is InChI=1S/C31H39N7O3/c1-22(2)37-14-12-31(13-15-37)18-29(40)33-27(17-26-21-38(36-35-26)20-23-8-4-3-5-9-23)30(41)32-19-25-11-7-6-10-24(25)16-28(39)34-31/h3-11,21-22,27H,12-20H2,1-2H3,(H,32,41)(H,33,40)(H,34,39)/t27-/m1/s1. The van der Waals surface area contributed by atoms with Crippen LogP contribution in [0.5, 0.6) is 0 Å². The molecule has 1 fully saturated rings. The molecule has 1 atom stereocenters. The second-order valence-corrected chi connectivity index (χ2v) is 11.5. The van der Waals surface area contributed by atoms with Crippen molar-refractivity contribution in [3.63, 3.8) is 0 Å². The normalized spacial score (nSPS) is 20.3. The van der Waals surface area contributed by atoms with Crippen molar-refractivity contribution in [1.82, 2.24) is 35.8 Å². The SMILES string of the molecule is CC(C)N1CCC2(CC1)CC(=O)N[C@H](Cc1cn(Cc3ccccc3)nn1)C(=O)NCc1ccccc1CC(=O)N2. The lowest BCUT2D eigenvalue weighted by Crippen LogP contribution is -2.59. The van der Waals surface area contributed by atoms with E-state index in [9.17, 15) is 14.4 Å². The van der Waals surface area contributed by atoms with E-state index < -0.39 is 11.6 Å². The maximum absolute atomic E-state index is 13.5. The molecule has 5 rings (SSSR count). The second-order valence-electron chi connectivity index (χ2n) is 11.5. The van der Waals surface area contributed by atoms with Crippen molar-refractivity contribution in [3.8, 4) is 0 Å². The van der Waals surface area contributed by atoms with Gasteiger partial charge in [0.1, 0.15) is 6.04 Å². The van der Waals surface area contributed by atoms with Gasteiger partial charge in [-0.1, -0.05) is 59.8 Å². The molecule has 3 aromatic rings. The minimum Gasteiger partial charge on any atom is -0.350 e. The van der Waals surface area contributed by atoms with Crippen LogP contribution in [0.3, 0.4) is 0 Å². The van der Waals surface area contributed by atoms with Crippen LogP contribution in [-0.4, -0.2) is 68.3 Å². The van der Waals surface area contributed by atoms with Gasteiger partial charge in [0.2, 0.25) is 17.7 Å². The fourth-order valence-electron chi connectivity index (χ4n) is 5.79. The summed E-state index contributed by atoms with van der Waals surface area (Å²) in [6, 6.07) is 17.1. The van der Waals surface area contributed by atoms with Crippen LogP contribution in [0.15, 0.2) is 60.8 Å². The fraction of sp³-hybridized carbons (Fsp3) is 0.452. The van der Waals surface area contributed by atoms with E-state index >= 15 is 0 Å². The molecule has 1 spiro atoms. The molecular formula is C31H39N7O3. The summed E-state index contributed by atoms with van der Waals surface area (Å²) in [6.07, 6.45) is 3.64. The van der Waals surface area contributed by atoms with Gasteiger partial charge in [0.25, 0.3) is 0 Å². The fourth-order valence-corrected chi connectivity index (χ4v) is 5.79. The van der Waals surface area contributed by atoms with Gasteiger partial charge in [-0.2, -0.15) is 0 Å². The Morgan fingerprint density at radius 1 is 0.951 bits per heavy atom. The van der Waals surface area contributed by atoms with Crippen LogP contribution >= 0.6 is 0 Å². The Morgan fingerprint density at radius 2 is 1.66 bits per heavy atom. The number of piperidine rings is 1. The highest BCUT2D eigenvalue weighted by Crippen LogP contribution is 2.28. The molecule has 2 aliphatic rings. The number of carbonyl (C=O) groups is 3. The van der Waals surface area contributed by atoms with Gasteiger partial charge in [-0.25, -0.2) is 4.68 Å². The molecule has 3 heterocycles. The number of benzene rings is 2. The molecule has 0 unspecified atom stereocenters. The zero-order valence-electron chi connectivity index (χ0n) is 23.8. The maximum atomic E-state index is 13.5. The zero-order valence-corrected chi connectivity index (χ0v) is 23.8. The number of fused-ring (bicyclic) bond motifs is 1. The molecule has 0 saturated carbocycles. The molecule has 3 amide bonds. The minimum atomic E-state index is -0.833. The van der Waals surface area contributed by atoms with Crippen molar-refractivity contribution in [2.24, 2.45) is 0 Å². The summed E-state index contributed by atoms with van der Waals surface area (Å²) in [5.74, 6) is -0.676. The van der Waals surface area contributed by atoms with Crippen LogP contribution in [0.2, 0.25) is 0 Å². The van der Waals surface area contributed by atoms with Crippen molar-refractivity contribution in [2.45, 2.75) is 76.7 Å². The summed E-state index contributed by atoms with van der Waals surface area (Å²) in [7, 11) is 0. The third kappa shape index (κ3) is 7.38. The number of amides is 3. The average molecular weight is 558 g/mol. The number of likely N-dealkylation sites (tertiary alicyclic amines) is 1. The van der Waals surface area contributed by atoms with E-state index in [1.165, 1.54) is 0 Å². The molecule has 0 radical (unpaired) electrons. The molecule has 2 aromatic carbocycles. The van der Waals surface area contributed by atoms with Crippen molar-refractivity contribution in [1.29, 1.82) is 0 Å². The number of carbonyl (C=O) groups excluding carboxylic acids is 3. The van der Waals surface area contributed by atoms with Crippen molar-refractivity contribution in [3.05, 3.63) is 83.2 Å². The van der Waals surface area contributed by atoms with Gasteiger partial charge >= 0.3 is 0 Å². The lowest BCUT2D eigenvalue weighted by molar-refractivity contribution is -0.131. The highest BCUT2D eigenvalue weighted by atomic mass is 16.2. The quantitative estimate of drug-likeness (QED) is 0.441. The lowest BCUT2D eigenvalue weighted by atomic mass is 9.83. The summed E-state index contributed by atoms with van der Waals surface area (Å²) < 4.78 is 1.73. The van der Waals surface area contributed by atoms with E-state index in [0.717, 1.165) is 29.8 Å². The topological polar surface area (TPSA) is 121 Å². The predicted octanol–water partition coefficient (Wildman–Crippen LogP) is 1.98. The molecule has 216 valence electrons. The van der Waals surface area contributed by atoms with Crippen LogP contribution in [0.4, 0.5) is 0 Å². The summed E-state index contributed by atoms with van der Waals surface area (Å²) in [5, 5.41) is 17.7. The van der Waals surface area contributed by atoms with Crippen LogP contribution in [0, 0.1) is 0 Å². The number of rotatable bonds is 5. The molecule has 2 aliphatic heterocycles. The smallest absolute Gasteiger partial charge is 0.243 e. The molecule has 1 aromatic heterocycles. The van der Waals surface area contributed by atoms with Gasteiger partial charge in [-0.05, 0) is 43.4 Å². The van der Waals surface area contributed by atoms with Crippen molar-refractivity contribution >= 4 is 17.7 Å². The Balaban J connectivity index is 1.38. The molecule has 0 aliphatic carbocycles. The molecule has 41 heavy (non-hydrogen) atoms. The first-order valence-electron chi connectivity index (χ1n) is 14.4. The third-order valence-electron chi connectivity index (χ3n) is 8.15. The Morgan fingerprint density at radius 3 is 2.39 bits per heavy atom. The second kappa shape index (κ2) is 12.6. The molecule has 10 heteroatoms. The average Bonchev–Trinajstić information content (AvgIpc) is 3.38. The van der Waals surface area contributed by atoms with E-state index in [2.05, 4.69) is 45.0 Å². The molecule has 0 bridgehead atoms. The van der Waals surface area contributed by atoms with Crippen molar-refractivity contribution in [2.75, 3.05) is 13.1 Å². The highest BCUT2D eigenvalue weighted by Gasteiger charge is 2.39. The molecule has 1 saturated heterocycles. The molecule has 3 N–H and O–H groups in total. The van der Waals surface area contributed by atoms with Gasteiger partial charge in [0, 0.05) is 44.7 Å². The van der Waals surface area contributed by atoms with Crippen LogP contribution in [0.25, 0.3) is 0 Å². The Labute approximate surface area is 240 Å². The van der Waals surface area contributed by atoms with E-state index in [0.29, 0.717) is 31.1 Å². The minimum absolute atomic E-state index is 0.108. The van der Waals surface area contributed by atoms with Gasteiger partial charge in [0.05, 0.1) is 24.2 Å². The predicted molar refractivity (Wildman–Crippen MR) is 155 cm³/mol. The number of hydrogen-bond acceptors (Lipinski definition) is 6. The first-order chi connectivity index (χ1) is 19.8. The number of nitrogens with one attached hydrogen (secondary N) is 3. The van der Waals surface area contributed by atoms with Gasteiger partial charge in [-0.3, -0.25) is 14.4 Å². The van der Waals surface area contributed by atoms with E-state index in [4.69, 9.17) is 0 Å². The third-order valence-corrected chi connectivity index (χ3v) is 8.15. The van der Waals surface area contributed by atoms with E-state index in [1.54, 1.807) is 4.68 Å².